The molecule has 0 aliphatic rings. The van der Waals surface area contributed by atoms with Crippen LogP contribution in [0.25, 0.3) is 0 Å². The molecule has 0 atom stereocenters. The van der Waals surface area contributed by atoms with E-state index in [1.807, 2.05) is 13.8 Å². The molecule has 0 unspecified atom stereocenters. The lowest BCUT2D eigenvalue weighted by Crippen LogP contribution is -2.15. The van der Waals surface area contributed by atoms with Gasteiger partial charge in [0.15, 0.2) is 5.82 Å². The third-order valence-electron chi connectivity index (χ3n) is 2.76. The van der Waals surface area contributed by atoms with Crippen LogP contribution in [0.2, 0.25) is 0 Å². The predicted octanol–water partition coefficient (Wildman–Crippen LogP) is 1.12. The van der Waals surface area contributed by atoms with Crippen LogP contribution in [0.1, 0.15) is 36.1 Å². The molecule has 20 heavy (non-hydrogen) atoms. The number of benzene rings is 1. The number of aromatic nitrogens is 3. The van der Waals surface area contributed by atoms with Crippen molar-refractivity contribution >= 4 is 11.6 Å². The van der Waals surface area contributed by atoms with Crippen molar-refractivity contribution in [2.24, 2.45) is 5.73 Å². The molecule has 0 fully saturated rings. The van der Waals surface area contributed by atoms with Gasteiger partial charge in [-0.15, -0.1) is 0 Å². The highest BCUT2D eigenvalue weighted by molar-refractivity contribution is 5.96. The molecule has 0 aliphatic heterocycles. The molecule has 0 aliphatic carbocycles. The van der Waals surface area contributed by atoms with Gasteiger partial charge in [-0.05, 0) is 32.0 Å². The van der Waals surface area contributed by atoms with E-state index in [0.29, 0.717) is 17.3 Å². The first kappa shape index (κ1) is 13.9. The molecular weight excluding hydrogens is 258 g/mol. The molecule has 1 heterocycles. The maximum Gasteiger partial charge on any atom is 0.252 e. The Morgan fingerprint density at radius 2 is 2.20 bits per heavy atom. The largest absolute Gasteiger partial charge is 0.485 e. The third kappa shape index (κ3) is 2.87. The summed E-state index contributed by atoms with van der Waals surface area (Å²) in [6, 6.07) is 4.93. The van der Waals surface area contributed by atoms with Crippen LogP contribution in [0.5, 0.6) is 5.75 Å². The van der Waals surface area contributed by atoms with E-state index in [1.54, 1.807) is 16.8 Å². The molecule has 2 rings (SSSR count). The van der Waals surface area contributed by atoms with Gasteiger partial charge in [-0.2, -0.15) is 5.10 Å². The number of nitrogens with zero attached hydrogens (tertiary/aromatic N) is 3. The van der Waals surface area contributed by atoms with Crippen LogP contribution in [0.3, 0.4) is 0 Å². The van der Waals surface area contributed by atoms with Gasteiger partial charge < -0.3 is 16.2 Å². The van der Waals surface area contributed by atoms with E-state index in [4.69, 9.17) is 16.2 Å². The van der Waals surface area contributed by atoms with Gasteiger partial charge in [0, 0.05) is 11.7 Å². The minimum Gasteiger partial charge on any atom is -0.485 e. The Bertz CT molecular complexity index is 621. The Balaban J connectivity index is 2.19. The molecule has 7 nitrogen and oxygen atoms in total. The second kappa shape index (κ2) is 5.60. The zero-order valence-corrected chi connectivity index (χ0v) is 11.4. The Kier molecular flexibility index (Phi) is 3.88. The van der Waals surface area contributed by atoms with Gasteiger partial charge in [0.25, 0.3) is 5.91 Å². The summed E-state index contributed by atoms with van der Waals surface area (Å²) in [5.41, 5.74) is 11.6. The monoisotopic (exact) mass is 275 g/mol. The van der Waals surface area contributed by atoms with Crippen LogP contribution in [0, 0.1) is 0 Å². The van der Waals surface area contributed by atoms with Crippen molar-refractivity contribution in [2.45, 2.75) is 26.5 Å². The molecule has 1 amide bonds. The van der Waals surface area contributed by atoms with Crippen LogP contribution in [-0.2, 0) is 6.61 Å². The van der Waals surface area contributed by atoms with E-state index in [-0.39, 0.29) is 18.2 Å². The topological polar surface area (TPSA) is 109 Å². The van der Waals surface area contributed by atoms with Gasteiger partial charge in [-0.3, -0.25) is 4.79 Å². The summed E-state index contributed by atoms with van der Waals surface area (Å²) in [7, 11) is 0. The quantitative estimate of drug-likeness (QED) is 0.795. The zero-order chi connectivity index (χ0) is 14.7. The minimum atomic E-state index is -0.586. The number of nitrogens with two attached hydrogens (primary N) is 2. The summed E-state index contributed by atoms with van der Waals surface area (Å²) >= 11 is 0. The van der Waals surface area contributed by atoms with Crippen molar-refractivity contribution in [2.75, 3.05) is 5.73 Å². The lowest BCUT2D eigenvalue weighted by molar-refractivity contribution is 0.0995. The predicted molar refractivity (Wildman–Crippen MR) is 74.1 cm³/mol. The molecule has 0 saturated heterocycles. The fourth-order valence-electron chi connectivity index (χ4n) is 1.82. The van der Waals surface area contributed by atoms with E-state index in [9.17, 15) is 4.79 Å². The smallest absolute Gasteiger partial charge is 0.252 e. The van der Waals surface area contributed by atoms with E-state index in [1.165, 1.54) is 12.4 Å². The van der Waals surface area contributed by atoms with Crippen molar-refractivity contribution < 1.29 is 9.53 Å². The Morgan fingerprint density at radius 3 is 2.85 bits per heavy atom. The summed E-state index contributed by atoms with van der Waals surface area (Å²) < 4.78 is 7.36. The molecule has 0 saturated carbocycles. The van der Waals surface area contributed by atoms with Gasteiger partial charge in [0.2, 0.25) is 0 Å². The lowest BCUT2D eigenvalue weighted by atomic mass is 10.1. The number of carbonyl (C=O) groups is 1. The molecule has 0 spiro atoms. The SMILES string of the molecule is CC(C)n1ncnc1COc1ccc(N)cc1C(N)=O. The van der Waals surface area contributed by atoms with Crippen molar-refractivity contribution in [3.63, 3.8) is 0 Å². The summed E-state index contributed by atoms with van der Waals surface area (Å²) in [5.74, 6) is 0.467. The van der Waals surface area contributed by atoms with Crippen molar-refractivity contribution in [3.8, 4) is 5.75 Å². The van der Waals surface area contributed by atoms with Crippen LogP contribution < -0.4 is 16.2 Å². The van der Waals surface area contributed by atoms with E-state index >= 15 is 0 Å². The fourth-order valence-corrected chi connectivity index (χ4v) is 1.82. The first-order valence-electron chi connectivity index (χ1n) is 6.19. The second-order valence-corrected chi connectivity index (χ2v) is 4.62. The Labute approximate surface area is 116 Å². The van der Waals surface area contributed by atoms with Crippen LogP contribution in [0.4, 0.5) is 5.69 Å². The molecule has 0 bridgehead atoms. The lowest BCUT2D eigenvalue weighted by Gasteiger charge is -2.12. The van der Waals surface area contributed by atoms with Gasteiger partial charge in [-0.25, -0.2) is 9.67 Å². The molecule has 4 N–H and O–H groups in total. The first-order chi connectivity index (χ1) is 9.49. The van der Waals surface area contributed by atoms with Gasteiger partial charge in [0.05, 0.1) is 5.56 Å². The average molecular weight is 275 g/mol. The fraction of sp³-hybridized carbons (Fsp3) is 0.308. The number of nitrogen functional groups attached to an aromatic ring is 1. The van der Waals surface area contributed by atoms with E-state index in [0.717, 1.165) is 0 Å². The summed E-state index contributed by atoms with van der Waals surface area (Å²) in [4.78, 5) is 15.5. The highest BCUT2D eigenvalue weighted by atomic mass is 16.5. The zero-order valence-electron chi connectivity index (χ0n) is 11.4. The van der Waals surface area contributed by atoms with Crippen LogP contribution in [0.15, 0.2) is 24.5 Å². The number of hydrogen-bond acceptors (Lipinski definition) is 5. The highest BCUT2D eigenvalue weighted by Gasteiger charge is 2.13. The molecular formula is C13H17N5O2. The number of primary amides is 1. The van der Waals surface area contributed by atoms with E-state index in [2.05, 4.69) is 10.1 Å². The Morgan fingerprint density at radius 1 is 1.45 bits per heavy atom. The summed E-state index contributed by atoms with van der Waals surface area (Å²) in [5, 5.41) is 4.11. The van der Waals surface area contributed by atoms with Crippen molar-refractivity contribution in [1.29, 1.82) is 0 Å². The maximum absolute atomic E-state index is 11.4. The van der Waals surface area contributed by atoms with Crippen molar-refractivity contribution in [3.05, 3.63) is 35.9 Å². The summed E-state index contributed by atoms with van der Waals surface area (Å²) in [6.45, 7) is 4.19. The number of rotatable bonds is 5. The molecule has 2 aromatic rings. The maximum atomic E-state index is 11.4. The first-order valence-corrected chi connectivity index (χ1v) is 6.19. The Hall–Kier alpha value is -2.57. The van der Waals surface area contributed by atoms with Gasteiger partial charge >= 0.3 is 0 Å². The highest BCUT2D eigenvalue weighted by Crippen LogP contribution is 2.22. The number of anilines is 1. The molecule has 1 aromatic heterocycles. The normalized spacial score (nSPS) is 10.8. The number of amides is 1. The van der Waals surface area contributed by atoms with Gasteiger partial charge in [0.1, 0.15) is 18.7 Å². The van der Waals surface area contributed by atoms with E-state index < -0.39 is 5.91 Å². The minimum absolute atomic E-state index is 0.179. The molecule has 7 heteroatoms. The number of hydrogen-bond donors (Lipinski definition) is 2. The second-order valence-electron chi connectivity index (χ2n) is 4.62. The van der Waals surface area contributed by atoms with Gasteiger partial charge in [-0.1, -0.05) is 0 Å². The van der Waals surface area contributed by atoms with Crippen LogP contribution >= 0.6 is 0 Å². The van der Waals surface area contributed by atoms with Crippen molar-refractivity contribution in [1.82, 2.24) is 14.8 Å². The number of ether oxygens (including phenoxy) is 1. The molecule has 106 valence electrons. The standard InChI is InChI=1S/C13H17N5O2/c1-8(2)18-12(16-7-17-18)6-20-11-4-3-9(14)5-10(11)13(15)19/h3-5,7-8H,6,14H2,1-2H3,(H2,15,19). The van der Waals surface area contributed by atoms with Crippen LogP contribution in [-0.4, -0.2) is 20.7 Å². The number of carbonyl (C=O) groups excluding carboxylic acids is 1. The molecule has 0 radical (unpaired) electrons. The molecule has 1 aromatic carbocycles. The third-order valence-corrected chi connectivity index (χ3v) is 2.76. The average Bonchev–Trinajstić information content (AvgIpc) is 2.85. The summed E-state index contributed by atoms with van der Waals surface area (Å²) in [6.07, 6.45) is 1.47.